The third-order valence-corrected chi connectivity index (χ3v) is 3.72. The highest BCUT2D eigenvalue weighted by molar-refractivity contribution is 5.68. The third-order valence-electron chi connectivity index (χ3n) is 3.72. The van der Waals surface area contributed by atoms with Gasteiger partial charge in [-0.3, -0.25) is 4.90 Å². The summed E-state index contributed by atoms with van der Waals surface area (Å²) in [5.74, 6) is 0.830. The van der Waals surface area contributed by atoms with Crippen LogP contribution in [0.5, 0.6) is 5.75 Å². The van der Waals surface area contributed by atoms with E-state index in [4.69, 9.17) is 15.2 Å². The molecule has 6 nitrogen and oxygen atoms in total. The molecule has 1 aromatic rings. The highest BCUT2D eigenvalue weighted by Gasteiger charge is 2.24. The minimum Gasteiger partial charge on any atom is -0.497 e. The van der Waals surface area contributed by atoms with Gasteiger partial charge in [-0.15, -0.1) is 0 Å². The van der Waals surface area contributed by atoms with E-state index >= 15 is 0 Å². The monoisotopic (exact) mass is 337 g/mol. The van der Waals surface area contributed by atoms with Gasteiger partial charge in [0.15, 0.2) is 0 Å². The number of ether oxygens (including phenoxy) is 2. The zero-order valence-corrected chi connectivity index (χ0v) is 15.6. The summed E-state index contributed by atoms with van der Waals surface area (Å²) in [5, 5.41) is 2.87. The number of nitrogens with one attached hydrogen (secondary N) is 1. The molecule has 1 aromatic carbocycles. The molecule has 0 saturated carbocycles. The van der Waals surface area contributed by atoms with Crippen molar-refractivity contribution in [2.45, 2.75) is 51.9 Å². The molecule has 6 heteroatoms. The van der Waals surface area contributed by atoms with Crippen molar-refractivity contribution in [1.82, 2.24) is 10.2 Å². The molecule has 0 aromatic heterocycles. The SMILES string of the molecule is COc1ccc(CN(C)C(CN)C(C)NC(=O)OC(C)(C)C)cc1. The second-order valence-electron chi connectivity index (χ2n) is 7.00. The zero-order valence-electron chi connectivity index (χ0n) is 15.6. The molecule has 0 heterocycles. The summed E-state index contributed by atoms with van der Waals surface area (Å²) in [6.07, 6.45) is -0.425. The van der Waals surface area contributed by atoms with Crippen molar-refractivity contribution in [3.05, 3.63) is 29.8 Å². The van der Waals surface area contributed by atoms with Crippen molar-refractivity contribution in [2.75, 3.05) is 20.7 Å². The average Bonchev–Trinajstić information content (AvgIpc) is 2.46. The molecule has 2 unspecified atom stereocenters. The van der Waals surface area contributed by atoms with Crippen LogP contribution >= 0.6 is 0 Å². The fraction of sp³-hybridized carbons (Fsp3) is 0.611. The van der Waals surface area contributed by atoms with Crippen LogP contribution in [0.15, 0.2) is 24.3 Å². The lowest BCUT2D eigenvalue weighted by atomic mass is 10.1. The highest BCUT2D eigenvalue weighted by atomic mass is 16.6. The van der Waals surface area contributed by atoms with Crippen LogP contribution in [0.2, 0.25) is 0 Å². The minimum absolute atomic E-state index is 0.000352. The van der Waals surface area contributed by atoms with Gasteiger partial charge in [0.25, 0.3) is 0 Å². The van der Waals surface area contributed by atoms with E-state index in [1.807, 2.05) is 59.0 Å². The van der Waals surface area contributed by atoms with Crippen molar-refractivity contribution in [2.24, 2.45) is 5.73 Å². The van der Waals surface area contributed by atoms with Gasteiger partial charge in [-0.05, 0) is 52.4 Å². The number of hydrogen-bond acceptors (Lipinski definition) is 5. The maximum Gasteiger partial charge on any atom is 0.407 e. The standard InChI is InChI=1S/C18H31N3O3/c1-13(20-17(22)24-18(2,3)4)16(11-19)21(5)12-14-7-9-15(23-6)10-8-14/h7-10,13,16H,11-12,19H2,1-6H3,(H,20,22). The molecule has 2 atom stereocenters. The smallest absolute Gasteiger partial charge is 0.407 e. The Bertz CT molecular complexity index is 511. The molecule has 0 fully saturated rings. The van der Waals surface area contributed by atoms with Gasteiger partial charge < -0.3 is 20.5 Å². The van der Waals surface area contributed by atoms with Crippen molar-refractivity contribution < 1.29 is 14.3 Å². The predicted octanol–water partition coefficient (Wildman–Crippen LogP) is 2.37. The van der Waals surface area contributed by atoms with Crippen molar-refractivity contribution in [1.29, 1.82) is 0 Å². The van der Waals surface area contributed by atoms with Gasteiger partial charge in [0, 0.05) is 25.2 Å². The van der Waals surface area contributed by atoms with Crippen LogP contribution in [0.1, 0.15) is 33.3 Å². The van der Waals surface area contributed by atoms with Crippen LogP contribution in [-0.2, 0) is 11.3 Å². The molecule has 136 valence electrons. The summed E-state index contributed by atoms with van der Waals surface area (Å²) in [5.41, 5.74) is 6.56. The maximum absolute atomic E-state index is 11.9. The molecule has 0 radical (unpaired) electrons. The second-order valence-corrected chi connectivity index (χ2v) is 7.00. The van der Waals surface area contributed by atoms with E-state index in [0.29, 0.717) is 6.54 Å². The molecule has 0 saturated heterocycles. The second kappa shape index (κ2) is 8.89. The van der Waals surface area contributed by atoms with Gasteiger partial charge in [0.05, 0.1) is 7.11 Å². The van der Waals surface area contributed by atoms with E-state index in [2.05, 4.69) is 10.2 Å². The first-order chi connectivity index (χ1) is 11.2. The number of nitrogens with two attached hydrogens (primary N) is 1. The Kier molecular flexibility index (Phi) is 7.51. The molecule has 3 N–H and O–H groups in total. The molecule has 0 aliphatic carbocycles. The maximum atomic E-state index is 11.9. The predicted molar refractivity (Wildman–Crippen MR) is 96.1 cm³/mol. The normalized spacial score (nSPS) is 14.2. The lowest BCUT2D eigenvalue weighted by Gasteiger charge is -2.33. The molecule has 24 heavy (non-hydrogen) atoms. The van der Waals surface area contributed by atoms with E-state index in [1.165, 1.54) is 0 Å². The first-order valence-corrected chi connectivity index (χ1v) is 8.19. The van der Waals surface area contributed by atoms with Gasteiger partial charge in [0.2, 0.25) is 0 Å². The average molecular weight is 337 g/mol. The summed E-state index contributed by atoms with van der Waals surface area (Å²) in [6.45, 7) is 8.62. The van der Waals surface area contributed by atoms with E-state index in [9.17, 15) is 4.79 Å². The van der Waals surface area contributed by atoms with Gasteiger partial charge >= 0.3 is 6.09 Å². The Hall–Kier alpha value is -1.79. The molecule has 0 aliphatic heterocycles. The molecular formula is C18H31N3O3. The van der Waals surface area contributed by atoms with Crippen LogP contribution in [0, 0.1) is 0 Å². The minimum atomic E-state index is -0.517. The van der Waals surface area contributed by atoms with E-state index in [-0.39, 0.29) is 12.1 Å². The van der Waals surface area contributed by atoms with Gasteiger partial charge in [-0.1, -0.05) is 12.1 Å². The Morgan fingerprint density at radius 1 is 1.29 bits per heavy atom. The van der Waals surface area contributed by atoms with Crippen LogP contribution in [-0.4, -0.2) is 49.4 Å². The zero-order chi connectivity index (χ0) is 18.3. The molecule has 1 amide bonds. The van der Waals surface area contributed by atoms with Crippen LogP contribution in [0.25, 0.3) is 0 Å². The Labute approximate surface area is 145 Å². The molecule has 1 rings (SSSR count). The number of carbonyl (C=O) groups excluding carboxylic acids is 1. The number of carbonyl (C=O) groups is 1. The summed E-state index contributed by atoms with van der Waals surface area (Å²) < 4.78 is 10.5. The van der Waals surface area contributed by atoms with Gasteiger partial charge in [-0.2, -0.15) is 0 Å². The quantitative estimate of drug-likeness (QED) is 0.799. The Morgan fingerprint density at radius 3 is 2.33 bits per heavy atom. The van der Waals surface area contributed by atoms with E-state index < -0.39 is 11.7 Å². The molecular weight excluding hydrogens is 306 g/mol. The first kappa shape index (κ1) is 20.3. The van der Waals surface area contributed by atoms with E-state index in [1.54, 1.807) is 7.11 Å². The van der Waals surface area contributed by atoms with Gasteiger partial charge in [-0.25, -0.2) is 4.79 Å². The van der Waals surface area contributed by atoms with Crippen LogP contribution in [0.3, 0.4) is 0 Å². The summed E-state index contributed by atoms with van der Waals surface area (Å²) in [7, 11) is 3.64. The molecule has 0 bridgehead atoms. The lowest BCUT2D eigenvalue weighted by molar-refractivity contribution is 0.0476. The van der Waals surface area contributed by atoms with Crippen LogP contribution in [0.4, 0.5) is 4.79 Å². The highest BCUT2D eigenvalue weighted by Crippen LogP contribution is 2.14. The van der Waals surface area contributed by atoms with Crippen molar-refractivity contribution >= 4 is 6.09 Å². The number of amides is 1. The number of methoxy groups -OCH3 is 1. The lowest BCUT2D eigenvalue weighted by Crippen LogP contribution is -2.53. The summed E-state index contributed by atoms with van der Waals surface area (Å²) in [6, 6.07) is 7.78. The Morgan fingerprint density at radius 2 is 1.88 bits per heavy atom. The topological polar surface area (TPSA) is 76.8 Å². The van der Waals surface area contributed by atoms with Crippen LogP contribution < -0.4 is 15.8 Å². The van der Waals surface area contributed by atoms with Crippen molar-refractivity contribution in [3.8, 4) is 5.75 Å². The summed E-state index contributed by atoms with van der Waals surface area (Å²) >= 11 is 0. The molecule has 0 aliphatic rings. The van der Waals surface area contributed by atoms with Gasteiger partial charge in [0.1, 0.15) is 11.4 Å². The fourth-order valence-corrected chi connectivity index (χ4v) is 2.49. The fourth-order valence-electron chi connectivity index (χ4n) is 2.49. The number of likely N-dealkylation sites (N-methyl/N-ethyl adjacent to an activating group) is 1. The number of hydrogen-bond donors (Lipinski definition) is 2. The number of nitrogens with zero attached hydrogens (tertiary/aromatic N) is 1. The molecule has 0 spiro atoms. The van der Waals surface area contributed by atoms with E-state index in [0.717, 1.165) is 17.9 Å². The number of alkyl carbamates (subject to hydrolysis) is 1. The van der Waals surface area contributed by atoms with Crippen molar-refractivity contribution in [3.63, 3.8) is 0 Å². The largest absolute Gasteiger partial charge is 0.497 e. The number of benzene rings is 1. The number of rotatable bonds is 7. The first-order valence-electron chi connectivity index (χ1n) is 8.19. The summed E-state index contributed by atoms with van der Waals surface area (Å²) in [4.78, 5) is 14.1. The Balaban J connectivity index is 2.63. The third kappa shape index (κ3) is 6.76.